The fourth-order valence-corrected chi connectivity index (χ4v) is 8.64. The number of fused-ring (bicyclic) bond motifs is 5. The van der Waals surface area contributed by atoms with E-state index in [4.69, 9.17) is 0 Å². The number of benzene rings is 4. The first-order valence-corrected chi connectivity index (χ1v) is 15.4. The highest BCUT2D eigenvalue weighted by Crippen LogP contribution is 2.59. The number of rotatable bonds is 6. The Balaban J connectivity index is 0.00000343. The lowest BCUT2D eigenvalue weighted by Gasteiger charge is -2.40. The van der Waals surface area contributed by atoms with Gasteiger partial charge in [0.15, 0.2) is 0 Å². The minimum absolute atomic E-state index is 0. The first kappa shape index (κ1) is 29.4. The van der Waals surface area contributed by atoms with Gasteiger partial charge in [-0.1, -0.05) is 142 Å². The van der Waals surface area contributed by atoms with Crippen molar-refractivity contribution in [1.29, 1.82) is 0 Å². The Bertz CT molecular complexity index is 1910. The quantitative estimate of drug-likeness (QED) is 0.216. The zero-order valence-electron chi connectivity index (χ0n) is 25.5. The zero-order chi connectivity index (χ0) is 29.9. The molecule has 0 N–H and O–H groups in total. The van der Waals surface area contributed by atoms with Crippen molar-refractivity contribution < 1.29 is 0 Å². The van der Waals surface area contributed by atoms with Crippen LogP contribution in [0.25, 0.3) is 34.9 Å². The molecule has 0 nitrogen and oxygen atoms in total. The first-order valence-electron chi connectivity index (χ1n) is 15.4. The molecule has 0 fully saturated rings. The van der Waals surface area contributed by atoms with Crippen LogP contribution in [0.5, 0.6) is 0 Å². The van der Waals surface area contributed by atoms with Crippen LogP contribution in [0, 0.1) is 0 Å². The molecule has 0 spiro atoms. The van der Waals surface area contributed by atoms with Crippen molar-refractivity contribution in [3.63, 3.8) is 0 Å². The Morgan fingerprint density at radius 2 is 1.23 bits per heavy atom. The third-order valence-electron chi connectivity index (χ3n) is 10.3. The van der Waals surface area contributed by atoms with Crippen LogP contribution in [0.1, 0.15) is 90.3 Å². The molecule has 4 aromatic carbocycles. The molecular weight excluding hydrogens is 528 g/mol. The van der Waals surface area contributed by atoms with Gasteiger partial charge in [0, 0.05) is 10.8 Å². The van der Waals surface area contributed by atoms with E-state index >= 15 is 0 Å². The van der Waals surface area contributed by atoms with Crippen LogP contribution in [-0.4, -0.2) is 0 Å². The van der Waals surface area contributed by atoms with Crippen LogP contribution in [-0.2, 0) is 17.3 Å². The highest BCUT2D eigenvalue weighted by Gasteiger charge is 2.48. The monoisotopic (exact) mass is 570 g/mol. The molecule has 7 rings (SSSR count). The average Bonchev–Trinajstić information content (AvgIpc) is 3.46. The van der Waals surface area contributed by atoms with Crippen LogP contribution >= 0.6 is 0 Å². The summed E-state index contributed by atoms with van der Waals surface area (Å²) in [6, 6.07) is 26.8. The molecule has 1 unspecified atom stereocenters. The molecule has 3 aliphatic rings. The summed E-state index contributed by atoms with van der Waals surface area (Å²) in [5.41, 5.74) is 17.5. The maximum atomic E-state index is 4.49. The lowest BCUT2D eigenvalue weighted by molar-refractivity contribution is 0.675. The van der Waals surface area contributed by atoms with Crippen LogP contribution in [0.2, 0.25) is 0 Å². The largest absolute Gasteiger partial charge is 0.0987 e. The summed E-state index contributed by atoms with van der Waals surface area (Å²) in [4.78, 5) is 0. The smallest absolute Gasteiger partial charge is 0.0447 e. The number of allylic oxidation sites excluding steroid dienone is 6. The molecule has 0 bridgehead atoms. The van der Waals surface area contributed by atoms with Crippen molar-refractivity contribution in [1.82, 2.24) is 0 Å². The van der Waals surface area contributed by atoms with Crippen molar-refractivity contribution >= 4 is 23.8 Å². The van der Waals surface area contributed by atoms with Gasteiger partial charge >= 0.3 is 0 Å². The van der Waals surface area contributed by atoms with E-state index < -0.39 is 5.41 Å². The van der Waals surface area contributed by atoms with E-state index in [1.54, 1.807) is 0 Å². The Morgan fingerprint density at radius 3 is 1.77 bits per heavy atom. The average molecular weight is 571 g/mol. The van der Waals surface area contributed by atoms with Crippen molar-refractivity contribution in [2.24, 2.45) is 0 Å². The Hall–Kier alpha value is -4.68. The molecule has 0 amide bonds. The standard InChI is InChI=1S/C43H38.CH4/c1-7-19-33-29(9-3)40(42(5)36(10-4)28(8-2)30-20-13-16-25-37(30)42)34-23-11-12-24-35(34)41(33)43(6)38-26-17-14-21-31(38)32-22-15-18-27-39(32)43;/h7-11,13-23,25-27H,2-4,12,24H2,1,5-6H3;1H4/b19-7-;. The highest BCUT2D eigenvalue weighted by atomic mass is 14.5. The molecular formula is C44H42. The van der Waals surface area contributed by atoms with Crippen molar-refractivity contribution in [2.45, 2.75) is 51.9 Å². The summed E-state index contributed by atoms with van der Waals surface area (Å²) in [7, 11) is 0. The molecule has 4 aromatic rings. The number of hydrogen-bond donors (Lipinski definition) is 0. The van der Waals surface area contributed by atoms with Crippen LogP contribution in [0.15, 0.2) is 122 Å². The molecule has 3 aliphatic carbocycles. The van der Waals surface area contributed by atoms with Crippen LogP contribution in [0.3, 0.4) is 0 Å². The third-order valence-corrected chi connectivity index (χ3v) is 10.3. The van der Waals surface area contributed by atoms with Crippen LogP contribution in [0.4, 0.5) is 0 Å². The van der Waals surface area contributed by atoms with E-state index in [1.165, 1.54) is 77.9 Å². The summed E-state index contributed by atoms with van der Waals surface area (Å²) in [5, 5.41) is 0. The van der Waals surface area contributed by atoms with Gasteiger partial charge in [0.2, 0.25) is 0 Å². The number of hydrogen-bond acceptors (Lipinski definition) is 0. The molecule has 0 heteroatoms. The van der Waals surface area contributed by atoms with Gasteiger partial charge in [0.1, 0.15) is 0 Å². The van der Waals surface area contributed by atoms with E-state index in [2.05, 4.69) is 150 Å². The summed E-state index contributed by atoms with van der Waals surface area (Å²) < 4.78 is 0. The van der Waals surface area contributed by atoms with Crippen molar-refractivity contribution in [2.75, 3.05) is 0 Å². The van der Waals surface area contributed by atoms with Crippen molar-refractivity contribution in [3.8, 4) is 11.1 Å². The molecule has 218 valence electrons. The van der Waals surface area contributed by atoms with Gasteiger partial charge in [-0.2, -0.15) is 0 Å². The highest BCUT2D eigenvalue weighted by molar-refractivity contribution is 5.93. The van der Waals surface area contributed by atoms with E-state index in [0.29, 0.717) is 0 Å². The topological polar surface area (TPSA) is 0 Å². The third kappa shape index (κ3) is 3.64. The fraction of sp³-hybridized carbons (Fsp3) is 0.182. The molecule has 0 saturated heterocycles. The van der Waals surface area contributed by atoms with Gasteiger partial charge < -0.3 is 0 Å². The zero-order valence-corrected chi connectivity index (χ0v) is 25.5. The maximum Gasteiger partial charge on any atom is 0.0447 e. The fourth-order valence-electron chi connectivity index (χ4n) is 8.64. The molecule has 0 saturated carbocycles. The van der Waals surface area contributed by atoms with Gasteiger partial charge in [-0.05, 0) is 112 Å². The SMILES string of the molecule is C.C=CC1=C(C=C)C(C)(c2c(C=C)c(/C=C\C)c(C3(C)c4ccccc4-c4ccccc43)c3c2C=CCC3)c2ccccc21. The second-order valence-corrected chi connectivity index (χ2v) is 12.2. The molecule has 0 radical (unpaired) electrons. The van der Waals surface area contributed by atoms with Gasteiger partial charge in [0.05, 0.1) is 0 Å². The molecule has 0 aromatic heterocycles. The molecule has 44 heavy (non-hydrogen) atoms. The minimum atomic E-state index is -0.418. The van der Waals surface area contributed by atoms with E-state index in [0.717, 1.165) is 12.8 Å². The van der Waals surface area contributed by atoms with E-state index in [9.17, 15) is 0 Å². The second-order valence-electron chi connectivity index (χ2n) is 12.2. The molecule has 0 heterocycles. The van der Waals surface area contributed by atoms with Crippen molar-refractivity contribution in [3.05, 3.63) is 178 Å². The summed E-state index contributed by atoms with van der Waals surface area (Å²) in [6.45, 7) is 20.0. The summed E-state index contributed by atoms with van der Waals surface area (Å²) >= 11 is 0. The Morgan fingerprint density at radius 1 is 0.659 bits per heavy atom. The predicted octanol–water partition coefficient (Wildman–Crippen LogP) is 11.7. The second kappa shape index (κ2) is 10.8. The Labute approximate surface area is 264 Å². The molecule has 1 atom stereocenters. The van der Waals surface area contributed by atoms with Crippen LogP contribution < -0.4 is 0 Å². The maximum absolute atomic E-state index is 4.49. The summed E-state index contributed by atoms with van der Waals surface area (Å²) in [5.74, 6) is 0. The van der Waals surface area contributed by atoms with Gasteiger partial charge in [-0.3, -0.25) is 0 Å². The first-order chi connectivity index (χ1) is 21.0. The van der Waals surface area contributed by atoms with Gasteiger partial charge in [-0.25, -0.2) is 0 Å². The van der Waals surface area contributed by atoms with E-state index in [-0.39, 0.29) is 12.8 Å². The Kier molecular flexibility index (Phi) is 7.21. The van der Waals surface area contributed by atoms with Gasteiger partial charge in [-0.15, -0.1) is 0 Å². The lowest BCUT2D eigenvalue weighted by Crippen LogP contribution is -2.32. The lowest BCUT2D eigenvalue weighted by atomic mass is 9.62. The predicted molar refractivity (Wildman–Crippen MR) is 193 cm³/mol. The minimum Gasteiger partial charge on any atom is -0.0987 e. The summed E-state index contributed by atoms with van der Waals surface area (Å²) in [6.07, 6.45) is 17.5. The van der Waals surface area contributed by atoms with E-state index in [1.807, 2.05) is 6.08 Å². The normalized spacial score (nSPS) is 18.7. The molecule has 0 aliphatic heterocycles. The van der Waals surface area contributed by atoms with Gasteiger partial charge in [0.25, 0.3) is 0 Å².